The molecule has 1 unspecified atom stereocenters. The first kappa shape index (κ1) is 34.2. The monoisotopic (exact) mass is 675 g/mol. The smallest absolute Gasteiger partial charge is 0.341 e. The van der Waals surface area contributed by atoms with E-state index in [1.54, 1.807) is 42.2 Å². The fourth-order valence-corrected chi connectivity index (χ4v) is 5.17. The maximum Gasteiger partial charge on any atom is 0.341 e. The van der Waals surface area contributed by atoms with Gasteiger partial charge in [-0.3, -0.25) is 4.79 Å². The summed E-state index contributed by atoms with van der Waals surface area (Å²) in [5.74, 6) is -2.48. The van der Waals surface area contributed by atoms with Gasteiger partial charge in [-0.25, -0.2) is 13.6 Å². The van der Waals surface area contributed by atoms with Crippen LogP contribution in [-0.4, -0.2) is 46.4 Å². The number of piperazine rings is 1. The molecule has 1 aromatic heterocycles. The zero-order valence-electron chi connectivity index (χ0n) is 22.8. The standard InChI is InChI=1S/C17H19F2N3O3.C12H7Cl3O2.ClH/c1-3-21-8-11(17(24)25)16(23)10-6-12(18)15(13(19)14(10)21)22-5-4-20-9(2)7-22;13-7-1-3-11(9(15)5-7)17-12-4-2-8(14)6-10(12)16;/h6,8-9,20H,3-5,7H2,1-2H3,(H,24,25);1-6,16H;1H. The van der Waals surface area contributed by atoms with E-state index < -0.39 is 28.6 Å². The van der Waals surface area contributed by atoms with Crippen molar-refractivity contribution in [3.63, 3.8) is 0 Å². The summed E-state index contributed by atoms with van der Waals surface area (Å²) < 4.78 is 36.6. The highest BCUT2D eigenvalue weighted by Crippen LogP contribution is 2.37. The van der Waals surface area contributed by atoms with Crippen molar-refractivity contribution in [1.82, 2.24) is 9.88 Å². The second-order valence-corrected chi connectivity index (χ2v) is 10.8. The molecule has 4 aromatic rings. The van der Waals surface area contributed by atoms with Gasteiger partial charge in [-0.05, 0) is 50.2 Å². The summed E-state index contributed by atoms with van der Waals surface area (Å²) in [6.07, 6.45) is 1.11. The molecule has 0 aliphatic carbocycles. The number of nitrogens with zero attached hydrogens (tertiary/aromatic N) is 2. The second-order valence-electron chi connectivity index (χ2n) is 9.47. The number of hydrogen-bond acceptors (Lipinski definition) is 6. The molecule has 8 nitrogen and oxygen atoms in total. The summed E-state index contributed by atoms with van der Waals surface area (Å²) in [4.78, 5) is 25.2. The molecule has 43 heavy (non-hydrogen) atoms. The summed E-state index contributed by atoms with van der Waals surface area (Å²) >= 11 is 17.4. The highest BCUT2D eigenvalue weighted by Gasteiger charge is 2.27. The lowest BCUT2D eigenvalue weighted by atomic mass is 10.1. The van der Waals surface area contributed by atoms with Crippen molar-refractivity contribution in [2.75, 3.05) is 24.5 Å². The van der Waals surface area contributed by atoms with Crippen molar-refractivity contribution in [1.29, 1.82) is 0 Å². The number of carbonyl (C=O) groups is 1. The van der Waals surface area contributed by atoms with Gasteiger partial charge in [0.25, 0.3) is 0 Å². The van der Waals surface area contributed by atoms with E-state index in [1.807, 2.05) is 6.92 Å². The van der Waals surface area contributed by atoms with E-state index in [0.717, 1.165) is 12.3 Å². The van der Waals surface area contributed by atoms with Crippen molar-refractivity contribution < 1.29 is 28.5 Å². The molecule has 5 rings (SSSR count). The Morgan fingerprint density at radius 1 is 1.09 bits per heavy atom. The van der Waals surface area contributed by atoms with Gasteiger partial charge < -0.3 is 29.7 Å². The molecule has 1 atom stereocenters. The van der Waals surface area contributed by atoms with E-state index in [1.165, 1.54) is 10.6 Å². The molecule has 14 heteroatoms. The van der Waals surface area contributed by atoms with E-state index in [9.17, 15) is 19.1 Å². The minimum atomic E-state index is -1.42. The topological polar surface area (TPSA) is 104 Å². The second kappa shape index (κ2) is 14.5. The normalized spacial score (nSPS) is 14.5. The maximum absolute atomic E-state index is 15.2. The number of ether oxygens (including phenoxy) is 1. The number of nitrogens with one attached hydrogen (secondary N) is 1. The Balaban J connectivity index is 0.000000247. The zero-order chi connectivity index (χ0) is 30.7. The fourth-order valence-electron chi connectivity index (χ4n) is 4.56. The Kier molecular flexibility index (Phi) is 11.5. The third-order valence-electron chi connectivity index (χ3n) is 6.52. The van der Waals surface area contributed by atoms with Crippen LogP contribution in [0, 0.1) is 11.6 Å². The van der Waals surface area contributed by atoms with Crippen LogP contribution < -0.4 is 20.4 Å². The van der Waals surface area contributed by atoms with Crippen molar-refractivity contribution in [3.8, 4) is 17.2 Å². The number of hydrogen-bond donors (Lipinski definition) is 3. The average Bonchev–Trinajstić information content (AvgIpc) is 2.92. The summed E-state index contributed by atoms with van der Waals surface area (Å²) in [7, 11) is 0. The van der Waals surface area contributed by atoms with Crippen molar-refractivity contribution >= 4 is 69.8 Å². The number of aryl methyl sites for hydroxylation is 1. The highest BCUT2D eigenvalue weighted by atomic mass is 35.5. The van der Waals surface area contributed by atoms with Gasteiger partial charge in [-0.15, -0.1) is 12.4 Å². The first-order valence-corrected chi connectivity index (χ1v) is 13.9. The SMILES string of the molecule is CCn1cc(C(=O)O)c(=O)c2cc(F)c(N3CCNC(C)C3)c(F)c21.Cl.Oc1cc(Cl)ccc1Oc1ccc(Cl)cc1Cl. The van der Waals surface area contributed by atoms with E-state index in [-0.39, 0.29) is 53.1 Å². The van der Waals surface area contributed by atoms with Crippen LogP contribution in [0.25, 0.3) is 10.9 Å². The van der Waals surface area contributed by atoms with Crippen LogP contribution in [0.5, 0.6) is 17.2 Å². The number of carboxylic acids is 1. The molecule has 2 heterocycles. The number of carboxylic acid groups (broad SMARTS) is 1. The highest BCUT2D eigenvalue weighted by molar-refractivity contribution is 6.35. The molecule has 1 aliphatic rings. The lowest BCUT2D eigenvalue weighted by Crippen LogP contribution is -2.49. The summed E-state index contributed by atoms with van der Waals surface area (Å²) in [5, 5.41) is 23.0. The number of fused-ring (bicyclic) bond motifs is 1. The minimum Gasteiger partial charge on any atom is -0.504 e. The zero-order valence-corrected chi connectivity index (χ0v) is 25.9. The first-order chi connectivity index (χ1) is 19.9. The number of aromatic hydroxyl groups is 1. The molecule has 3 N–H and O–H groups in total. The predicted octanol–water partition coefficient (Wildman–Crippen LogP) is 7.36. The Hall–Kier alpha value is -3.28. The molecule has 230 valence electrons. The summed E-state index contributed by atoms with van der Waals surface area (Å²) in [6.45, 7) is 5.33. The molecule has 1 fully saturated rings. The number of halogens is 6. The van der Waals surface area contributed by atoms with E-state index in [0.29, 0.717) is 40.5 Å². The molecule has 0 radical (unpaired) electrons. The van der Waals surface area contributed by atoms with Gasteiger partial charge in [0.1, 0.15) is 22.8 Å². The lowest BCUT2D eigenvalue weighted by Gasteiger charge is -2.34. The molecular formula is C29H27Cl4F2N3O5. The van der Waals surface area contributed by atoms with Crippen molar-refractivity contribution in [2.45, 2.75) is 26.4 Å². The van der Waals surface area contributed by atoms with E-state index in [4.69, 9.17) is 44.6 Å². The van der Waals surface area contributed by atoms with Crippen LogP contribution in [0.4, 0.5) is 14.5 Å². The number of anilines is 1. The van der Waals surface area contributed by atoms with Gasteiger partial charge in [0.2, 0.25) is 5.43 Å². The fraction of sp³-hybridized carbons (Fsp3) is 0.241. The van der Waals surface area contributed by atoms with Gasteiger partial charge in [0.05, 0.1) is 15.9 Å². The number of phenolic OH excluding ortho intramolecular Hbond substituents is 1. The van der Waals surface area contributed by atoms with Crippen LogP contribution in [-0.2, 0) is 6.54 Å². The number of rotatable bonds is 5. The average molecular weight is 677 g/mol. The molecule has 0 saturated carbocycles. The van der Waals surface area contributed by atoms with E-state index in [2.05, 4.69) is 5.32 Å². The number of aromatic nitrogens is 1. The van der Waals surface area contributed by atoms with Gasteiger partial charge in [0, 0.05) is 54.5 Å². The van der Waals surface area contributed by atoms with E-state index >= 15 is 4.39 Å². The molecule has 0 bridgehead atoms. The predicted molar refractivity (Wildman–Crippen MR) is 167 cm³/mol. The maximum atomic E-state index is 15.2. The lowest BCUT2D eigenvalue weighted by molar-refractivity contribution is 0.0694. The molecule has 1 aliphatic heterocycles. The molecular weight excluding hydrogens is 650 g/mol. The Bertz CT molecular complexity index is 1670. The Labute approximate surface area is 266 Å². The largest absolute Gasteiger partial charge is 0.504 e. The van der Waals surface area contributed by atoms with Gasteiger partial charge in [-0.1, -0.05) is 34.8 Å². The minimum absolute atomic E-state index is 0. The van der Waals surface area contributed by atoms with Crippen LogP contribution in [0.15, 0.2) is 53.5 Å². The summed E-state index contributed by atoms with van der Waals surface area (Å²) in [5.41, 5.74) is -1.63. The third-order valence-corrected chi connectivity index (χ3v) is 7.29. The van der Waals surface area contributed by atoms with Crippen LogP contribution >= 0.6 is 47.2 Å². The Morgan fingerprint density at radius 3 is 2.33 bits per heavy atom. The van der Waals surface area contributed by atoms with Crippen molar-refractivity contribution in [2.24, 2.45) is 0 Å². The van der Waals surface area contributed by atoms with Crippen molar-refractivity contribution in [3.05, 3.63) is 91.2 Å². The molecule has 1 saturated heterocycles. The van der Waals surface area contributed by atoms with Crippen LogP contribution in [0.1, 0.15) is 24.2 Å². The number of benzene rings is 3. The first-order valence-electron chi connectivity index (χ1n) is 12.8. The number of pyridine rings is 1. The number of phenols is 1. The van der Waals surface area contributed by atoms with Gasteiger partial charge in [-0.2, -0.15) is 0 Å². The van der Waals surface area contributed by atoms with Crippen LogP contribution in [0.3, 0.4) is 0 Å². The van der Waals surface area contributed by atoms with Gasteiger partial charge >= 0.3 is 5.97 Å². The van der Waals surface area contributed by atoms with Gasteiger partial charge in [0.15, 0.2) is 17.3 Å². The number of aromatic carboxylic acids is 1. The Morgan fingerprint density at radius 2 is 1.74 bits per heavy atom. The third kappa shape index (κ3) is 7.63. The molecule has 3 aromatic carbocycles. The van der Waals surface area contributed by atoms with Crippen LogP contribution in [0.2, 0.25) is 15.1 Å². The molecule has 0 spiro atoms. The molecule has 0 amide bonds. The quantitative estimate of drug-likeness (QED) is 0.203. The summed E-state index contributed by atoms with van der Waals surface area (Å²) in [6, 6.07) is 10.4.